The number of carbonyl (C=O) groups is 1. The van der Waals surface area contributed by atoms with E-state index in [2.05, 4.69) is 11.9 Å². The summed E-state index contributed by atoms with van der Waals surface area (Å²) in [5.74, 6) is -0.0828. The van der Waals surface area contributed by atoms with Gasteiger partial charge in [0, 0.05) is 18.8 Å². The number of carbonyl (C=O) groups excluding carboxylic acids is 1. The van der Waals surface area contributed by atoms with Gasteiger partial charge in [-0.15, -0.1) is 0 Å². The lowest BCUT2D eigenvalue weighted by Gasteiger charge is -2.19. The molecule has 0 spiro atoms. The Morgan fingerprint density at radius 2 is 1.95 bits per heavy atom. The molecule has 2 rings (SSSR count). The van der Waals surface area contributed by atoms with Gasteiger partial charge in [0.05, 0.1) is 17.6 Å². The van der Waals surface area contributed by atoms with Gasteiger partial charge in [-0.25, -0.2) is 0 Å². The van der Waals surface area contributed by atoms with Crippen LogP contribution >= 0.6 is 0 Å². The van der Waals surface area contributed by atoms with Crippen LogP contribution in [0.25, 0.3) is 0 Å². The van der Waals surface area contributed by atoms with E-state index in [1.165, 1.54) is 10.5 Å². The molecule has 0 saturated heterocycles. The lowest BCUT2D eigenvalue weighted by Crippen LogP contribution is -2.27. The third kappa shape index (κ3) is 2.73. The van der Waals surface area contributed by atoms with Crippen molar-refractivity contribution in [1.82, 2.24) is 4.98 Å². The van der Waals surface area contributed by atoms with Crippen LogP contribution in [-0.2, 0) is 6.42 Å². The second-order valence-corrected chi connectivity index (χ2v) is 4.35. The van der Waals surface area contributed by atoms with Crippen molar-refractivity contribution in [2.24, 2.45) is 0 Å². The summed E-state index contributed by atoms with van der Waals surface area (Å²) in [5, 5.41) is 0. The molecule has 0 saturated carbocycles. The molecule has 1 aromatic heterocycles. The van der Waals surface area contributed by atoms with Crippen LogP contribution in [0.2, 0.25) is 0 Å². The molecule has 19 heavy (non-hydrogen) atoms. The number of hydrogen-bond donors (Lipinski definition) is 1. The number of nitrogens with two attached hydrogens (primary N) is 1. The molecule has 1 aromatic carbocycles. The SMILES string of the molecule is CCc1ccc(C(=O)N(C)c2ccncc2N)cc1. The predicted octanol–water partition coefficient (Wildman–Crippen LogP) is 2.50. The standard InChI is InChI=1S/C15H17N3O/c1-3-11-4-6-12(7-5-11)15(19)18(2)14-8-9-17-10-13(14)16/h4-10H,3,16H2,1-2H3. The average molecular weight is 255 g/mol. The maximum Gasteiger partial charge on any atom is 0.258 e. The van der Waals surface area contributed by atoms with Crippen molar-refractivity contribution < 1.29 is 4.79 Å². The first-order valence-corrected chi connectivity index (χ1v) is 6.20. The molecule has 0 fully saturated rings. The maximum atomic E-state index is 12.3. The first-order chi connectivity index (χ1) is 9.13. The number of pyridine rings is 1. The average Bonchev–Trinajstić information content (AvgIpc) is 2.46. The van der Waals surface area contributed by atoms with Crippen LogP contribution < -0.4 is 10.6 Å². The van der Waals surface area contributed by atoms with Gasteiger partial charge < -0.3 is 10.6 Å². The van der Waals surface area contributed by atoms with Crippen LogP contribution in [0.5, 0.6) is 0 Å². The molecule has 4 heteroatoms. The Bertz CT molecular complexity index is 578. The van der Waals surface area contributed by atoms with Gasteiger partial charge in [0.2, 0.25) is 0 Å². The fraction of sp³-hybridized carbons (Fsp3) is 0.200. The lowest BCUT2D eigenvalue weighted by atomic mass is 10.1. The predicted molar refractivity (Wildman–Crippen MR) is 77.2 cm³/mol. The number of benzene rings is 1. The van der Waals surface area contributed by atoms with Crippen molar-refractivity contribution >= 4 is 17.3 Å². The molecule has 98 valence electrons. The molecule has 2 N–H and O–H groups in total. The van der Waals surface area contributed by atoms with Crippen LogP contribution in [-0.4, -0.2) is 17.9 Å². The molecule has 1 amide bonds. The smallest absolute Gasteiger partial charge is 0.258 e. The molecule has 0 aliphatic heterocycles. The minimum atomic E-state index is -0.0828. The summed E-state index contributed by atoms with van der Waals surface area (Å²) in [5.41, 5.74) is 8.84. The van der Waals surface area contributed by atoms with Gasteiger partial charge in [-0.05, 0) is 30.2 Å². The van der Waals surface area contributed by atoms with Crippen molar-refractivity contribution in [2.45, 2.75) is 13.3 Å². The van der Waals surface area contributed by atoms with Crippen molar-refractivity contribution in [3.05, 3.63) is 53.9 Å². The minimum Gasteiger partial charge on any atom is -0.396 e. The van der Waals surface area contributed by atoms with Crippen molar-refractivity contribution in [1.29, 1.82) is 0 Å². The second-order valence-electron chi connectivity index (χ2n) is 4.35. The highest BCUT2D eigenvalue weighted by Gasteiger charge is 2.15. The topological polar surface area (TPSA) is 59.2 Å². The highest BCUT2D eigenvalue weighted by molar-refractivity contribution is 6.07. The van der Waals surface area contributed by atoms with Crippen LogP contribution in [0.3, 0.4) is 0 Å². The number of amides is 1. The van der Waals surface area contributed by atoms with E-state index in [4.69, 9.17) is 5.73 Å². The van der Waals surface area contributed by atoms with E-state index in [1.54, 1.807) is 25.5 Å². The van der Waals surface area contributed by atoms with E-state index in [-0.39, 0.29) is 5.91 Å². The van der Waals surface area contributed by atoms with Gasteiger partial charge in [0.1, 0.15) is 0 Å². The van der Waals surface area contributed by atoms with Gasteiger partial charge in [0.15, 0.2) is 0 Å². The molecule has 1 heterocycles. The molecular formula is C15H17N3O. The molecule has 0 bridgehead atoms. The summed E-state index contributed by atoms with van der Waals surface area (Å²) in [6.45, 7) is 2.08. The first kappa shape index (κ1) is 13.1. The molecule has 0 unspecified atom stereocenters. The largest absolute Gasteiger partial charge is 0.396 e. The summed E-state index contributed by atoms with van der Waals surface area (Å²) in [4.78, 5) is 17.8. The minimum absolute atomic E-state index is 0.0828. The second kappa shape index (κ2) is 5.52. The van der Waals surface area contributed by atoms with E-state index >= 15 is 0 Å². The summed E-state index contributed by atoms with van der Waals surface area (Å²) in [6.07, 6.45) is 4.12. The maximum absolute atomic E-state index is 12.3. The monoisotopic (exact) mass is 255 g/mol. The number of nitrogen functional groups attached to an aromatic ring is 1. The Morgan fingerprint density at radius 3 is 2.53 bits per heavy atom. The normalized spacial score (nSPS) is 10.2. The number of rotatable bonds is 3. The Labute approximate surface area is 112 Å². The Morgan fingerprint density at radius 1 is 1.26 bits per heavy atom. The highest BCUT2D eigenvalue weighted by atomic mass is 16.2. The Hall–Kier alpha value is -2.36. The number of hydrogen-bond acceptors (Lipinski definition) is 3. The van der Waals surface area contributed by atoms with Gasteiger partial charge >= 0.3 is 0 Å². The molecule has 2 aromatic rings. The van der Waals surface area contributed by atoms with Crippen molar-refractivity contribution in [3.8, 4) is 0 Å². The molecule has 0 aliphatic rings. The molecule has 0 aliphatic carbocycles. The first-order valence-electron chi connectivity index (χ1n) is 6.20. The Balaban J connectivity index is 2.26. The number of nitrogens with zero attached hydrogens (tertiary/aromatic N) is 2. The highest BCUT2D eigenvalue weighted by Crippen LogP contribution is 2.21. The number of aromatic nitrogens is 1. The van der Waals surface area contributed by atoms with Gasteiger partial charge in [-0.2, -0.15) is 0 Å². The summed E-state index contributed by atoms with van der Waals surface area (Å²) in [7, 11) is 1.71. The van der Waals surface area contributed by atoms with Crippen LogP contribution in [0.1, 0.15) is 22.8 Å². The molecular weight excluding hydrogens is 238 g/mol. The lowest BCUT2D eigenvalue weighted by molar-refractivity contribution is 0.0993. The number of anilines is 2. The Kier molecular flexibility index (Phi) is 3.80. The van der Waals surface area contributed by atoms with E-state index in [1.807, 2.05) is 24.3 Å². The van der Waals surface area contributed by atoms with Crippen LogP contribution in [0, 0.1) is 0 Å². The van der Waals surface area contributed by atoms with E-state index in [9.17, 15) is 4.79 Å². The molecule has 4 nitrogen and oxygen atoms in total. The van der Waals surface area contributed by atoms with E-state index < -0.39 is 0 Å². The van der Waals surface area contributed by atoms with Gasteiger partial charge in [-0.3, -0.25) is 9.78 Å². The van der Waals surface area contributed by atoms with Gasteiger partial charge in [0.25, 0.3) is 5.91 Å². The van der Waals surface area contributed by atoms with Crippen LogP contribution in [0.15, 0.2) is 42.7 Å². The summed E-state index contributed by atoms with van der Waals surface area (Å²) < 4.78 is 0. The quantitative estimate of drug-likeness (QED) is 0.916. The van der Waals surface area contributed by atoms with Gasteiger partial charge in [-0.1, -0.05) is 19.1 Å². The van der Waals surface area contributed by atoms with Crippen LogP contribution in [0.4, 0.5) is 11.4 Å². The fourth-order valence-electron chi connectivity index (χ4n) is 1.89. The zero-order valence-corrected chi connectivity index (χ0v) is 11.1. The zero-order chi connectivity index (χ0) is 13.8. The van der Waals surface area contributed by atoms with E-state index in [0.717, 1.165) is 6.42 Å². The number of aryl methyl sites for hydroxylation is 1. The molecule has 0 atom stereocenters. The fourth-order valence-corrected chi connectivity index (χ4v) is 1.89. The van der Waals surface area contributed by atoms with Crippen molar-refractivity contribution in [3.63, 3.8) is 0 Å². The van der Waals surface area contributed by atoms with Crippen molar-refractivity contribution in [2.75, 3.05) is 17.7 Å². The summed E-state index contributed by atoms with van der Waals surface area (Å²) >= 11 is 0. The summed E-state index contributed by atoms with van der Waals surface area (Å²) in [6, 6.07) is 9.35. The third-order valence-corrected chi connectivity index (χ3v) is 3.10. The molecule has 0 radical (unpaired) electrons. The zero-order valence-electron chi connectivity index (χ0n) is 11.1. The van der Waals surface area contributed by atoms with E-state index in [0.29, 0.717) is 16.9 Å². The third-order valence-electron chi connectivity index (χ3n) is 3.10.